The zero-order valence-corrected chi connectivity index (χ0v) is 11.5. The molecule has 3 rings (SSSR count). The van der Waals surface area contributed by atoms with Gasteiger partial charge in [0.2, 0.25) is 0 Å². The first-order valence-corrected chi connectivity index (χ1v) is 6.68. The summed E-state index contributed by atoms with van der Waals surface area (Å²) < 4.78 is 0. The van der Waals surface area contributed by atoms with Crippen LogP contribution < -0.4 is 10.6 Å². The number of benzene rings is 2. The van der Waals surface area contributed by atoms with Crippen molar-refractivity contribution in [1.82, 2.24) is 10.6 Å². The largest absolute Gasteiger partial charge is 0.508 e. The molecular formula is C16H22N2O2. The second kappa shape index (κ2) is 10.8. The molecule has 0 atom stereocenters. The zero-order chi connectivity index (χ0) is 14.5. The summed E-state index contributed by atoms with van der Waals surface area (Å²) in [6, 6.07) is 17.4. The number of phenols is 2. The van der Waals surface area contributed by atoms with Crippen LogP contribution in [0.1, 0.15) is 0 Å². The number of rotatable bonds is 0. The topological polar surface area (TPSA) is 64.5 Å². The first-order chi connectivity index (χ1) is 9.79. The fourth-order valence-corrected chi connectivity index (χ4v) is 1.46. The molecule has 1 fully saturated rings. The van der Waals surface area contributed by atoms with Crippen LogP contribution in [0.25, 0.3) is 0 Å². The normalized spacial score (nSPS) is 13.2. The maximum atomic E-state index is 8.63. The van der Waals surface area contributed by atoms with E-state index in [1.165, 1.54) is 0 Å². The average molecular weight is 274 g/mol. The lowest BCUT2D eigenvalue weighted by molar-refractivity contribution is 0.475. The van der Waals surface area contributed by atoms with E-state index in [2.05, 4.69) is 10.6 Å². The molecule has 0 aliphatic carbocycles. The third-order valence-electron chi connectivity index (χ3n) is 2.47. The Kier molecular flexibility index (Phi) is 8.68. The predicted molar refractivity (Wildman–Crippen MR) is 82.0 cm³/mol. The average Bonchev–Trinajstić information content (AvgIpc) is 2.52. The molecule has 0 saturated carbocycles. The second-order valence-corrected chi connectivity index (χ2v) is 4.17. The molecule has 4 N–H and O–H groups in total. The summed E-state index contributed by atoms with van der Waals surface area (Å²) in [5.74, 6) is 0.644. The van der Waals surface area contributed by atoms with Gasteiger partial charge in [0.05, 0.1) is 0 Å². The SMILES string of the molecule is C1CNCCN1.Oc1ccccc1.Oc1ccccc1. The van der Waals surface area contributed by atoms with Crippen molar-refractivity contribution in [3.8, 4) is 11.5 Å². The van der Waals surface area contributed by atoms with Gasteiger partial charge < -0.3 is 20.8 Å². The highest BCUT2D eigenvalue weighted by atomic mass is 16.3. The van der Waals surface area contributed by atoms with Gasteiger partial charge in [0.1, 0.15) is 11.5 Å². The van der Waals surface area contributed by atoms with E-state index in [0.29, 0.717) is 11.5 Å². The molecule has 0 amide bonds. The van der Waals surface area contributed by atoms with E-state index < -0.39 is 0 Å². The third kappa shape index (κ3) is 8.97. The van der Waals surface area contributed by atoms with Crippen molar-refractivity contribution in [3.63, 3.8) is 0 Å². The van der Waals surface area contributed by atoms with Crippen molar-refractivity contribution in [2.24, 2.45) is 0 Å². The van der Waals surface area contributed by atoms with Crippen molar-refractivity contribution in [1.29, 1.82) is 0 Å². The third-order valence-corrected chi connectivity index (χ3v) is 2.47. The van der Waals surface area contributed by atoms with Crippen LogP contribution in [0.2, 0.25) is 0 Å². The molecule has 0 unspecified atom stereocenters. The summed E-state index contributed by atoms with van der Waals surface area (Å²) in [6.07, 6.45) is 0. The minimum Gasteiger partial charge on any atom is -0.508 e. The lowest BCUT2D eigenvalue weighted by Crippen LogP contribution is -2.39. The highest BCUT2D eigenvalue weighted by Gasteiger charge is 1.91. The van der Waals surface area contributed by atoms with Crippen molar-refractivity contribution in [3.05, 3.63) is 60.7 Å². The van der Waals surface area contributed by atoms with Gasteiger partial charge in [-0.05, 0) is 24.3 Å². The smallest absolute Gasteiger partial charge is 0.115 e. The molecule has 2 aromatic carbocycles. The lowest BCUT2D eigenvalue weighted by Gasteiger charge is -2.11. The second-order valence-electron chi connectivity index (χ2n) is 4.17. The molecule has 0 radical (unpaired) electrons. The van der Waals surface area contributed by atoms with E-state index in [-0.39, 0.29) is 0 Å². The summed E-state index contributed by atoms with van der Waals surface area (Å²) in [6.45, 7) is 4.56. The van der Waals surface area contributed by atoms with Gasteiger partial charge in [0, 0.05) is 26.2 Å². The maximum absolute atomic E-state index is 8.63. The number of piperazine rings is 1. The molecule has 1 heterocycles. The highest BCUT2D eigenvalue weighted by molar-refractivity contribution is 5.19. The molecule has 20 heavy (non-hydrogen) atoms. The van der Waals surface area contributed by atoms with Crippen LogP contribution in [-0.4, -0.2) is 36.4 Å². The molecule has 0 aromatic heterocycles. The van der Waals surface area contributed by atoms with Crippen LogP contribution >= 0.6 is 0 Å². The first kappa shape index (κ1) is 16.0. The zero-order valence-electron chi connectivity index (χ0n) is 11.5. The standard InChI is InChI=1S/2C6H6O.C4H10N2/c2*7-6-4-2-1-3-5-6;1-2-6-4-3-5-1/h2*1-5,7H;5-6H,1-4H2. The Bertz CT molecular complexity index is 382. The van der Waals surface area contributed by atoms with Crippen LogP contribution in [0, 0.1) is 0 Å². The van der Waals surface area contributed by atoms with Crippen molar-refractivity contribution in [2.45, 2.75) is 0 Å². The van der Waals surface area contributed by atoms with Crippen LogP contribution in [0.15, 0.2) is 60.7 Å². The van der Waals surface area contributed by atoms with Crippen molar-refractivity contribution in [2.75, 3.05) is 26.2 Å². The summed E-state index contributed by atoms with van der Waals surface area (Å²) in [7, 11) is 0. The molecule has 1 saturated heterocycles. The van der Waals surface area contributed by atoms with Crippen LogP contribution in [0.5, 0.6) is 11.5 Å². The summed E-state index contributed by atoms with van der Waals surface area (Å²) in [5.41, 5.74) is 0. The number of nitrogens with one attached hydrogen (secondary N) is 2. The van der Waals surface area contributed by atoms with Gasteiger partial charge in [-0.3, -0.25) is 0 Å². The number of hydrogen-bond acceptors (Lipinski definition) is 4. The van der Waals surface area contributed by atoms with Gasteiger partial charge in [-0.15, -0.1) is 0 Å². The van der Waals surface area contributed by atoms with Crippen LogP contribution in [0.3, 0.4) is 0 Å². The van der Waals surface area contributed by atoms with E-state index in [9.17, 15) is 0 Å². The molecule has 4 nitrogen and oxygen atoms in total. The van der Waals surface area contributed by atoms with Gasteiger partial charge in [-0.2, -0.15) is 0 Å². The van der Waals surface area contributed by atoms with Gasteiger partial charge in [-0.1, -0.05) is 36.4 Å². The monoisotopic (exact) mass is 274 g/mol. The Hall–Kier alpha value is -2.04. The molecule has 4 heteroatoms. The Morgan fingerprint density at radius 1 is 0.550 bits per heavy atom. The van der Waals surface area contributed by atoms with E-state index in [0.717, 1.165) is 26.2 Å². The summed E-state index contributed by atoms with van der Waals surface area (Å²) in [4.78, 5) is 0. The van der Waals surface area contributed by atoms with Gasteiger partial charge in [-0.25, -0.2) is 0 Å². The minimum absolute atomic E-state index is 0.322. The van der Waals surface area contributed by atoms with Gasteiger partial charge in [0.15, 0.2) is 0 Å². The van der Waals surface area contributed by atoms with Crippen LogP contribution in [-0.2, 0) is 0 Å². The summed E-state index contributed by atoms with van der Waals surface area (Å²) in [5, 5.41) is 23.7. The fraction of sp³-hybridized carbons (Fsp3) is 0.250. The fourth-order valence-electron chi connectivity index (χ4n) is 1.46. The van der Waals surface area contributed by atoms with Crippen molar-refractivity contribution >= 4 is 0 Å². The molecule has 1 aliphatic heterocycles. The van der Waals surface area contributed by atoms with E-state index in [1.54, 1.807) is 48.5 Å². The van der Waals surface area contributed by atoms with E-state index >= 15 is 0 Å². The lowest BCUT2D eigenvalue weighted by atomic mass is 10.3. The molecule has 1 aliphatic rings. The Morgan fingerprint density at radius 2 is 0.850 bits per heavy atom. The number of aromatic hydroxyl groups is 2. The quantitative estimate of drug-likeness (QED) is 0.593. The van der Waals surface area contributed by atoms with E-state index in [1.807, 2.05) is 12.1 Å². The number of para-hydroxylation sites is 2. The first-order valence-electron chi connectivity index (χ1n) is 6.68. The van der Waals surface area contributed by atoms with E-state index in [4.69, 9.17) is 10.2 Å². The highest BCUT2D eigenvalue weighted by Crippen LogP contribution is 2.03. The Labute approximate surface area is 120 Å². The van der Waals surface area contributed by atoms with Gasteiger partial charge in [0.25, 0.3) is 0 Å². The summed E-state index contributed by atoms with van der Waals surface area (Å²) >= 11 is 0. The molecule has 2 aromatic rings. The molecule has 0 bridgehead atoms. The molecule has 0 spiro atoms. The van der Waals surface area contributed by atoms with Crippen LogP contribution in [0.4, 0.5) is 0 Å². The number of phenolic OH excluding ortho intramolecular Hbond substituents is 2. The predicted octanol–water partition coefficient (Wildman–Crippen LogP) is 1.96. The Balaban J connectivity index is 0.000000151. The molecule has 108 valence electrons. The minimum atomic E-state index is 0.322. The van der Waals surface area contributed by atoms with Crippen molar-refractivity contribution < 1.29 is 10.2 Å². The molecular weight excluding hydrogens is 252 g/mol. The number of hydrogen-bond donors (Lipinski definition) is 4. The maximum Gasteiger partial charge on any atom is 0.115 e. The van der Waals surface area contributed by atoms with Gasteiger partial charge >= 0.3 is 0 Å². The Morgan fingerprint density at radius 3 is 1.00 bits per heavy atom.